The molecule has 1 aromatic heterocycles. The lowest BCUT2D eigenvalue weighted by molar-refractivity contribution is -0.0437. The number of aryl methyl sites for hydroxylation is 1. The van der Waals surface area contributed by atoms with Gasteiger partial charge < -0.3 is 10.1 Å². The Bertz CT molecular complexity index is 366. The maximum absolute atomic E-state index is 5.90. The number of likely N-dealkylation sites (N-methyl/N-ethyl adjacent to an activating group) is 2. The summed E-state index contributed by atoms with van der Waals surface area (Å²) < 4.78 is 7.75. The average molecular weight is 252 g/mol. The van der Waals surface area contributed by atoms with Gasteiger partial charge in [0, 0.05) is 38.8 Å². The van der Waals surface area contributed by atoms with Crippen molar-refractivity contribution in [2.75, 3.05) is 33.3 Å². The standard InChI is InChI=1S/C13H24N4O/c1-4-17-7-8-18-13(10-17)12(14-2)9-11-5-6-16(3)15-11/h5-6,12-14H,4,7-10H2,1-3H3. The van der Waals surface area contributed by atoms with Crippen LogP contribution in [-0.4, -0.2) is 60.1 Å². The highest BCUT2D eigenvalue weighted by Crippen LogP contribution is 2.12. The van der Waals surface area contributed by atoms with Gasteiger partial charge in [0.15, 0.2) is 0 Å². The zero-order valence-corrected chi connectivity index (χ0v) is 11.6. The smallest absolute Gasteiger partial charge is 0.0859 e. The number of hydrogen-bond donors (Lipinski definition) is 1. The molecule has 0 bridgehead atoms. The average Bonchev–Trinajstić information content (AvgIpc) is 2.81. The summed E-state index contributed by atoms with van der Waals surface area (Å²) in [6.45, 7) is 6.19. The summed E-state index contributed by atoms with van der Waals surface area (Å²) in [7, 11) is 3.95. The molecule has 5 nitrogen and oxygen atoms in total. The zero-order valence-electron chi connectivity index (χ0n) is 11.6. The third-order valence-corrected chi connectivity index (χ3v) is 3.64. The van der Waals surface area contributed by atoms with E-state index in [-0.39, 0.29) is 6.10 Å². The number of ether oxygens (including phenoxy) is 1. The third-order valence-electron chi connectivity index (χ3n) is 3.64. The van der Waals surface area contributed by atoms with E-state index in [4.69, 9.17) is 4.74 Å². The molecule has 1 aromatic rings. The Morgan fingerprint density at radius 2 is 2.44 bits per heavy atom. The van der Waals surface area contributed by atoms with Crippen molar-refractivity contribution in [2.45, 2.75) is 25.5 Å². The molecule has 0 aromatic carbocycles. The van der Waals surface area contributed by atoms with Gasteiger partial charge in [-0.3, -0.25) is 9.58 Å². The molecule has 2 atom stereocenters. The van der Waals surface area contributed by atoms with Crippen LogP contribution in [0.25, 0.3) is 0 Å². The fourth-order valence-electron chi connectivity index (χ4n) is 2.48. The SMILES string of the molecule is CCN1CCOC(C(Cc2ccn(C)n2)NC)C1. The van der Waals surface area contributed by atoms with E-state index in [0.29, 0.717) is 6.04 Å². The first-order valence-corrected chi connectivity index (χ1v) is 6.72. The van der Waals surface area contributed by atoms with E-state index >= 15 is 0 Å². The van der Waals surface area contributed by atoms with E-state index in [1.54, 1.807) is 0 Å². The molecular formula is C13H24N4O. The van der Waals surface area contributed by atoms with Crippen molar-refractivity contribution in [3.8, 4) is 0 Å². The number of nitrogens with one attached hydrogen (secondary N) is 1. The molecule has 0 amide bonds. The highest BCUT2D eigenvalue weighted by Gasteiger charge is 2.27. The maximum atomic E-state index is 5.90. The van der Waals surface area contributed by atoms with Gasteiger partial charge in [-0.05, 0) is 19.7 Å². The van der Waals surface area contributed by atoms with E-state index in [0.717, 1.165) is 38.4 Å². The van der Waals surface area contributed by atoms with Crippen molar-refractivity contribution >= 4 is 0 Å². The molecule has 5 heteroatoms. The minimum Gasteiger partial charge on any atom is -0.374 e. The van der Waals surface area contributed by atoms with Crippen LogP contribution in [0.15, 0.2) is 12.3 Å². The first-order chi connectivity index (χ1) is 8.72. The van der Waals surface area contributed by atoms with Crippen LogP contribution >= 0.6 is 0 Å². The molecule has 0 radical (unpaired) electrons. The topological polar surface area (TPSA) is 42.3 Å². The van der Waals surface area contributed by atoms with Crippen molar-refractivity contribution in [1.82, 2.24) is 20.0 Å². The Morgan fingerprint density at radius 3 is 3.06 bits per heavy atom. The van der Waals surface area contributed by atoms with Crippen LogP contribution < -0.4 is 5.32 Å². The molecule has 1 aliphatic rings. The van der Waals surface area contributed by atoms with Gasteiger partial charge >= 0.3 is 0 Å². The van der Waals surface area contributed by atoms with Crippen LogP contribution in [0.2, 0.25) is 0 Å². The quantitative estimate of drug-likeness (QED) is 0.817. The van der Waals surface area contributed by atoms with E-state index in [1.165, 1.54) is 0 Å². The van der Waals surface area contributed by atoms with E-state index < -0.39 is 0 Å². The van der Waals surface area contributed by atoms with Crippen molar-refractivity contribution in [1.29, 1.82) is 0 Å². The van der Waals surface area contributed by atoms with Crippen molar-refractivity contribution in [3.63, 3.8) is 0 Å². The molecule has 0 aliphatic carbocycles. The fraction of sp³-hybridized carbons (Fsp3) is 0.769. The molecule has 2 heterocycles. The lowest BCUT2D eigenvalue weighted by Crippen LogP contribution is -2.52. The lowest BCUT2D eigenvalue weighted by atomic mass is 10.0. The van der Waals surface area contributed by atoms with E-state index in [9.17, 15) is 0 Å². The van der Waals surface area contributed by atoms with Crippen LogP contribution in [0.5, 0.6) is 0 Å². The van der Waals surface area contributed by atoms with Crippen LogP contribution in [0.4, 0.5) is 0 Å². The second kappa shape index (κ2) is 6.31. The Balaban J connectivity index is 1.95. The van der Waals surface area contributed by atoms with Gasteiger partial charge in [0.05, 0.1) is 18.4 Å². The van der Waals surface area contributed by atoms with Gasteiger partial charge in [-0.15, -0.1) is 0 Å². The first-order valence-electron chi connectivity index (χ1n) is 6.72. The van der Waals surface area contributed by atoms with Crippen LogP contribution in [0.1, 0.15) is 12.6 Å². The normalized spacial score (nSPS) is 23.2. The van der Waals surface area contributed by atoms with Crippen molar-refractivity contribution < 1.29 is 4.74 Å². The summed E-state index contributed by atoms with van der Waals surface area (Å²) in [4.78, 5) is 2.44. The largest absolute Gasteiger partial charge is 0.374 e. The second-order valence-electron chi connectivity index (χ2n) is 4.88. The summed E-state index contributed by atoms with van der Waals surface area (Å²) in [6, 6.07) is 2.40. The van der Waals surface area contributed by atoms with Gasteiger partial charge in [0.1, 0.15) is 0 Å². The van der Waals surface area contributed by atoms with Gasteiger partial charge in [-0.2, -0.15) is 5.10 Å². The number of rotatable bonds is 5. The Morgan fingerprint density at radius 1 is 1.61 bits per heavy atom. The lowest BCUT2D eigenvalue weighted by Gasteiger charge is -2.36. The maximum Gasteiger partial charge on any atom is 0.0859 e. The molecule has 1 N–H and O–H groups in total. The second-order valence-corrected chi connectivity index (χ2v) is 4.88. The monoisotopic (exact) mass is 252 g/mol. The van der Waals surface area contributed by atoms with Gasteiger partial charge in [0.25, 0.3) is 0 Å². The minimum atomic E-state index is 0.255. The molecule has 18 heavy (non-hydrogen) atoms. The predicted molar refractivity (Wildman–Crippen MR) is 71.6 cm³/mol. The molecule has 1 aliphatic heterocycles. The molecular weight excluding hydrogens is 228 g/mol. The molecule has 102 valence electrons. The molecule has 1 saturated heterocycles. The Hall–Kier alpha value is -0.910. The number of nitrogens with zero attached hydrogens (tertiary/aromatic N) is 3. The summed E-state index contributed by atoms with van der Waals surface area (Å²) in [5, 5.41) is 7.81. The molecule has 0 saturated carbocycles. The van der Waals surface area contributed by atoms with E-state index in [2.05, 4.69) is 28.3 Å². The summed E-state index contributed by atoms with van der Waals surface area (Å²) in [5.41, 5.74) is 1.12. The van der Waals surface area contributed by atoms with Gasteiger partial charge in [-0.1, -0.05) is 6.92 Å². The highest BCUT2D eigenvalue weighted by atomic mass is 16.5. The van der Waals surface area contributed by atoms with Gasteiger partial charge in [-0.25, -0.2) is 0 Å². The Kier molecular flexibility index (Phi) is 4.74. The summed E-state index contributed by atoms with van der Waals surface area (Å²) in [6.07, 6.45) is 3.16. The third kappa shape index (κ3) is 3.31. The Labute approximate surface area is 109 Å². The first kappa shape index (κ1) is 13.5. The molecule has 1 fully saturated rings. The zero-order chi connectivity index (χ0) is 13.0. The minimum absolute atomic E-state index is 0.255. The molecule has 2 unspecified atom stereocenters. The van der Waals surface area contributed by atoms with E-state index in [1.807, 2.05) is 25.0 Å². The van der Waals surface area contributed by atoms with Crippen LogP contribution in [-0.2, 0) is 18.2 Å². The van der Waals surface area contributed by atoms with Gasteiger partial charge in [0.2, 0.25) is 0 Å². The van der Waals surface area contributed by atoms with Crippen LogP contribution in [0, 0.1) is 0 Å². The number of morpholine rings is 1. The summed E-state index contributed by atoms with van der Waals surface area (Å²) in [5.74, 6) is 0. The predicted octanol–water partition coefficient (Wildman–Crippen LogP) is 0.271. The van der Waals surface area contributed by atoms with Crippen molar-refractivity contribution in [2.24, 2.45) is 7.05 Å². The van der Waals surface area contributed by atoms with Crippen LogP contribution in [0.3, 0.4) is 0 Å². The summed E-state index contributed by atoms with van der Waals surface area (Å²) >= 11 is 0. The fourth-order valence-corrected chi connectivity index (χ4v) is 2.48. The van der Waals surface area contributed by atoms with Crippen molar-refractivity contribution in [3.05, 3.63) is 18.0 Å². The molecule has 2 rings (SSSR count). The highest BCUT2D eigenvalue weighted by molar-refractivity contribution is 5.03. The number of aromatic nitrogens is 2. The number of hydrogen-bond acceptors (Lipinski definition) is 4. The molecule has 0 spiro atoms.